The summed E-state index contributed by atoms with van der Waals surface area (Å²) >= 11 is 0. The number of hydrogen-bond donors (Lipinski definition) is 1. The van der Waals surface area contributed by atoms with E-state index in [-0.39, 0.29) is 24.6 Å². The summed E-state index contributed by atoms with van der Waals surface area (Å²) in [5.74, 6) is -0.365. The molecule has 0 amide bonds. The van der Waals surface area contributed by atoms with Gasteiger partial charge in [0.25, 0.3) is 0 Å². The molecule has 1 unspecified atom stereocenters. The second-order valence-corrected chi connectivity index (χ2v) is 13.2. The fourth-order valence-corrected chi connectivity index (χ4v) is 5.28. The molecule has 1 atom stereocenters. The van der Waals surface area contributed by atoms with E-state index in [0.29, 0.717) is 12.8 Å². The number of carbonyl (C=O) groups excluding carboxylic acids is 2. The standard InChI is InChI=1S/C39H72O4.C2H7N/c1-4-6-8-10-12-14-16-18-20-22-24-26-28-30-32-34-38(40)42-36-37(3)43-39(41)35-33-31-29-27-25-23-21-19-17-15-13-11-9-7-5-2;1-3-2/h18-21,37H,4-17,22-36H2,1-3H3;3H,1-2H3/b20-18-,21-19-;. The monoisotopic (exact) mass is 650 g/mol. The van der Waals surface area contributed by atoms with Crippen LogP contribution in [0.4, 0.5) is 0 Å². The molecule has 5 nitrogen and oxygen atoms in total. The van der Waals surface area contributed by atoms with Crippen LogP contribution in [0.15, 0.2) is 24.3 Å². The van der Waals surface area contributed by atoms with Gasteiger partial charge in [-0.3, -0.25) is 9.59 Å². The van der Waals surface area contributed by atoms with Crippen LogP contribution in [0.3, 0.4) is 0 Å². The minimum Gasteiger partial charge on any atom is -0.462 e. The van der Waals surface area contributed by atoms with Gasteiger partial charge < -0.3 is 14.8 Å². The molecule has 0 aromatic heterocycles. The SMILES string of the molecule is CCCCCCCC/C=C\CCCCCCCC(=O)OCC(C)OC(=O)CCCCCCC/C=C\CCCCCCCC.CNC. The number of allylic oxidation sites excluding steroid dienone is 4. The molecule has 0 saturated carbocycles. The van der Waals surface area contributed by atoms with Crippen molar-refractivity contribution in [2.45, 2.75) is 207 Å². The fourth-order valence-electron chi connectivity index (χ4n) is 5.28. The van der Waals surface area contributed by atoms with Gasteiger partial charge in [0, 0.05) is 12.8 Å². The number of rotatable bonds is 33. The molecule has 46 heavy (non-hydrogen) atoms. The molecule has 272 valence electrons. The van der Waals surface area contributed by atoms with E-state index in [9.17, 15) is 9.59 Å². The Morgan fingerprint density at radius 3 is 1.17 bits per heavy atom. The highest BCUT2D eigenvalue weighted by molar-refractivity contribution is 5.70. The Labute approximate surface area is 287 Å². The average Bonchev–Trinajstić information content (AvgIpc) is 3.04. The van der Waals surface area contributed by atoms with Crippen molar-refractivity contribution < 1.29 is 19.1 Å². The van der Waals surface area contributed by atoms with Gasteiger partial charge in [0.2, 0.25) is 0 Å². The number of hydrogen-bond acceptors (Lipinski definition) is 5. The van der Waals surface area contributed by atoms with Gasteiger partial charge in [-0.1, -0.05) is 141 Å². The molecule has 1 N–H and O–H groups in total. The van der Waals surface area contributed by atoms with Crippen LogP contribution in [-0.2, 0) is 19.1 Å². The molecule has 0 bridgehead atoms. The van der Waals surface area contributed by atoms with Crippen molar-refractivity contribution in [3.05, 3.63) is 24.3 Å². The number of ether oxygens (including phenoxy) is 2. The van der Waals surface area contributed by atoms with E-state index in [2.05, 4.69) is 43.5 Å². The van der Waals surface area contributed by atoms with Gasteiger partial charge in [-0.2, -0.15) is 0 Å². The smallest absolute Gasteiger partial charge is 0.306 e. The van der Waals surface area contributed by atoms with Crippen molar-refractivity contribution in [3.8, 4) is 0 Å². The van der Waals surface area contributed by atoms with Crippen molar-refractivity contribution in [2.75, 3.05) is 20.7 Å². The summed E-state index contributed by atoms with van der Waals surface area (Å²) in [5.41, 5.74) is 0. The van der Waals surface area contributed by atoms with Crippen LogP contribution in [0.25, 0.3) is 0 Å². The first-order valence-corrected chi connectivity index (χ1v) is 19.7. The van der Waals surface area contributed by atoms with Crippen LogP contribution < -0.4 is 5.32 Å². The lowest BCUT2D eigenvalue weighted by molar-refractivity contribution is -0.158. The van der Waals surface area contributed by atoms with E-state index < -0.39 is 0 Å². The zero-order valence-corrected chi connectivity index (χ0v) is 31.5. The number of carbonyl (C=O) groups is 2. The molecule has 0 heterocycles. The Morgan fingerprint density at radius 2 is 0.804 bits per heavy atom. The van der Waals surface area contributed by atoms with Crippen LogP contribution in [-0.4, -0.2) is 38.7 Å². The summed E-state index contributed by atoms with van der Waals surface area (Å²) in [6.07, 6.45) is 42.2. The van der Waals surface area contributed by atoms with E-state index in [1.807, 2.05) is 14.1 Å². The lowest BCUT2D eigenvalue weighted by Gasteiger charge is -2.13. The van der Waals surface area contributed by atoms with Crippen LogP contribution in [0.2, 0.25) is 0 Å². The molecule has 0 fully saturated rings. The lowest BCUT2D eigenvalue weighted by Crippen LogP contribution is -2.22. The molecule has 5 heteroatoms. The summed E-state index contributed by atoms with van der Waals surface area (Å²) < 4.78 is 10.7. The van der Waals surface area contributed by atoms with E-state index in [0.717, 1.165) is 25.7 Å². The molecule has 0 aliphatic carbocycles. The maximum atomic E-state index is 12.1. The third-order valence-electron chi connectivity index (χ3n) is 8.10. The van der Waals surface area contributed by atoms with Crippen molar-refractivity contribution >= 4 is 11.9 Å². The minimum absolute atomic E-state index is 0.155. The van der Waals surface area contributed by atoms with Gasteiger partial charge in [-0.15, -0.1) is 0 Å². The van der Waals surface area contributed by atoms with Crippen molar-refractivity contribution in [1.29, 1.82) is 0 Å². The topological polar surface area (TPSA) is 64.6 Å². The maximum absolute atomic E-state index is 12.1. The highest BCUT2D eigenvalue weighted by Gasteiger charge is 2.12. The van der Waals surface area contributed by atoms with Crippen LogP contribution in [0, 0.1) is 0 Å². The fraction of sp³-hybridized carbons (Fsp3) is 0.854. The van der Waals surface area contributed by atoms with E-state index in [1.54, 1.807) is 6.92 Å². The first-order valence-electron chi connectivity index (χ1n) is 19.7. The van der Waals surface area contributed by atoms with Crippen LogP contribution in [0.1, 0.15) is 201 Å². The summed E-state index contributed by atoms with van der Waals surface area (Å²) in [7, 11) is 3.75. The Morgan fingerprint density at radius 1 is 0.500 bits per heavy atom. The maximum Gasteiger partial charge on any atom is 0.306 e. The zero-order valence-electron chi connectivity index (χ0n) is 31.5. The summed E-state index contributed by atoms with van der Waals surface area (Å²) in [6.45, 7) is 6.48. The second kappa shape index (κ2) is 41.4. The van der Waals surface area contributed by atoms with Gasteiger partial charge in [0.05, 0.1) is 0 Å². The third-order valence-corrected chi connectivity index (χ3v) is 8.10. The zero-order chi connectivity index (χ0) is 34.2. The first kappa shape index (κ1) is 46.5. The summed E-state index contributed by atoms with van der Waals surface area (Å²) in [6, 6.07) is 0. The molecular formula is C41H79NO4. The lowest BCUT2D eigenvalue weighted by atomic mass is 10.1. The molecule has 0 saturated heterocycles. The number of esters is 2. The van der Waals surface area contributed by atoms with E-state index in [1.165, 1.54) is 141 Å². The molecular weight excluding hydrogens is 570 g/mol. The Balaban J connectivity index is 0. The predicted molar refractivity (Wildman–Crippen MR) is 200 cm³/mol. The molecule has 0 aromatic rings. The Bertz CT molecular complexity index is 675. The highest BCUT2D eigenvalue weighted by Crippen LogP contribution is 2.12. The van der Waals surface area contributed by atoms with Crippen molar-refractivity contribution in [3.63, 3.8) is 0 Å². The average molecular weight is 650 g/mol. The molecule has 0 aliphatic rings. The highest BCUT2D eigenvalue weighted by atomic mass is 16.6. The van der Waals surface area contributed by atoms with Crippen LogP contribution in [0.5, 0.6) is 0 Å². The van der Waals surface area contributed by atoms with E-state index >= 15 is 0 Å². The largest absolute Gasteiger partial charge is 0.462 e. The summed E-state index contributed by atoms with van der Waals surface area (Å²) in [4.78, 5) is 24.1. The minimum atomic E-state index is -0.381. The summed E-state index contributed by atoms with van der Waals surface area (Å²) in [5, 5.41) is 2.75. The normalized spacial score (nSPS) is 11.9. The molecule has 0 aromatic carbocycles. The van der Waals surface area contributed by atoms with Gasteiger partial charge in [-0.25, -0.2) is 0 Å². The van der Waals surface area contributed by atoms with Gasteiger partial charge in [-0.05, 0) is 85.2 Å². The van der Waals surface area contributed by atoms with Crippen molar-refractivity contribution in [1.82, 2.24) is 5.32 Å². The molecule has 0 rings (SSSR count). The van der Waals surface area contributed by atoms with Gasteiger partial charge >= 0.3 is 11.9 Å². The molecule has 0 spiro atoms. The van der Waals surface area contributed by atoms with E-state index in [4.69, 9.17) is 9.47 Å². The van der Waals surface area contributed by atoms with Crippen LogP contribution >= 0.6 is 0 Å². The quantitative estimate of drug-likeness (QED) is 0.0435. The first-order chi connectivity index (χ1) is 22.5. The predicted octanol–water partition coefficient (Wildman–Crippen LogP) is 12.4. The number of unbranched alkanes of at least 4 members (excludes halogenated alkanes) is 22. The number of nitrogens with one attached hydrogen (secondary N) is 1. The second-order valence-electron chi connectivity index (χ2n) is 13.2. The van der Waals surface area contributed by atoms with Crippen molar-refractivity contribution in [2.24, 2.45) is 0 Å². The van der Waals surface area contributed by atoms with Gasteiger partial charge in [0.1, 0.15) is 12.7 Å². The van der Waals surface area contributed by atoms with Gasteiger partial charge in [0.15, 0.2) is 0 Å². The third kappa shape index (κ3) is 42.4. The Kier molecular flexibility index (Phi) is 41.9. The molecule has 0 radical (unpaired) electrons. The Hall–Kier alpha value is -1.62. The molecule has 0 aliphatic heterocycles.